The maximum Gasteiger partial charge on any atom is 0.410 e. The molecule has 2 amide bonds. The fourth-order valence-corrected chi connectivity index (χ4v) is 5.85. The van der Waals surface area contributed by atoms with Crippen molar-refractivity contribution in [3.63, 3.8) is 0 Å². The van der Waals surface area contributed by atoms with Crippen LogP contribution in [0.25, 0.3) is 0 Å². The lowest BCUT2D eigenvalue weighted by Crippen LogP contribution is -2.46. The Kier molecular flexibility index (Phi) is 9.43. The van der Waals surface area contributed by atoms with Gasteiger partial charge in [0.15, 0.2) is 0 Å². The average Bonchev–Trinajstić information content (AvgIpc) is 3.25. The van der Waals surface area contributed by atoms with Crippen LogP contribution >= 0.6 is 0 Å². The number of aryl methyl sites for hydroxylation is 2. The van der Waals surface area contributed by atoms with E-state index < -0.39 is 5.60 Å². The number of carbonyl (C=O) groups excluding carboxylic acids is 2. The number of piperidine rings is 1. The van der Waals surface area contributed by atoms with Crippen LogP contribution in [0.1, 0.15) is 67.1 Å². The first-order valence-electron chi connectivity index (χ1n) is 15.6. The van der Waals surface area contributed by atoms with Gasteiger partial charge in [-0.3, -0.25) is 4.79 Å². The Morgan fingerprint density at radius 3 is 2.13 bits per heavy atom. The van der Waals surface area contributed by atoms with E-state index in [-0.39, 0.29) is 17.9 Å². The first kappa shape index (κ1) is 32.2. The number of rotatable bonds is 5. The smallest absolute Gasteiger partial charge is 0.410 e. The third kappa shape index (κ3) is 7.55. The highest BCUT2D eigenvalue weighted by atomic mass is 16.6. The summed E-state index contributed by atoms with van der Waals surface area (Å²) >= 11 is 0. The van der Waals surface area contributed by atoms with Crippen LogP contribution < -0.4 is 10.1 Å². The molecule has 1 N–H and O–H groups in total. The number of nitrogens with zero attached hydrogens (tertiary/aromatic N) is 6. The molecule has 0 saturated carbocycles. The van der Waals surface area contributed by atoms with E-state index in [1.54, 1.807) is 41.3 Å². The molecule has 5 rings (SSSR count). The second-order valence-electron chi connectivity index (χ2n) is 12.8. The first-order chi connectivity index (χ1) is 21.9. The number of carbonyl (C=O) groups is 2. The van der Waals surface area contributed by atoms with Crippen molar-refractivity contribution in [3.05, 3.63) is 69.9 Å². The Hall–Kier alpha value is -5.16. The standard InChI is InChI=1S/C35H39N7O4/c1-22-18-25(21-37)19-23(2)30(22)45-31-28-12-16-41(32(43)26-10-14-42(15-11-26)34(44)46-35(3,4)5)17-13-29(28)39-33(40-31)38-27-8-6-24(20-36)7-9-27/h6-9,18-19,26H,10-17H2,1-5H3,(H,38,39,40). The number of amides is 2. The highest BCUT2D eigenvalue weighted by Gasteiger charge is 2.33. The van der Waals surface area contributed by atoms with E-state index >= 15 is 0 Å². The average molecular weight is 622 g/mol. The minimum Gasteiger partial charge on any atom is -0.444 e. The van der Waals surface area contributed by atoms with Crippen LogP contribution in [0.3, 0.4) is 0 Å². The van der Waals surface area contributed by atoms with Gasteiger partial charge in [0, 0.05) is 49.8 Å². The zero-order valence-electron chi connectivity index (χ0n) is 27.0. The van der Waals surface area contributed by atoms with E-state index in [0.29, 0.717) is 80.6 Å². The molecule has 0 unspecified atom stereocenters. The highest BCUT2D eigenvalue weighted by molar-refractivity contribution is 5.79. The van der Waals surface area contributed by atoms with Crippen molar-refractivity contribution in [2.75, 3.05) is 31.5 Å². The van der Waals surface area contributed by atoms with E-state index in [1.165, 1.54) is 0 Å². The molecular formula is C35H39N7O4. The maximum atomic E-state index is 13.7. The number of ether oxygens (including phenoxy) is 2. The summed E-state index contributed by atoms with van der Waals surface area (Å²) in [5, 5.41) is 21.8. The normalized spacial score (nSPS) is 15.2. The topological polar surface area (TPSA) is 144 Å². The van der Waals surface area contributed by atoms with Gasteiger partial charge in [-0.15, -0.1) is 0 Å². The third-order valence-corrected chi connectivity index (χ3v) is 8.17. The van der Waals surface area contributed by atoms with E-state index in [1.807, 2.05) is 39.5 Å². The molecule has 0 bridgehead atoms. The van der Waals surface area contributed by atoms with Gasteiger partial charge in [0.25, 0.3) is 0 Å². The zero-order chi connectivity index (χ0) is 33.0. The monoisotopic (exact) mass is 621 g/mol. The van der Waals surface area contributed by atoms with Gasteiger partial charge < -0.3 is 24.6 Å². The summed E-state index contributed by atoms with van der Waals surface area (Å²) in [6.45, 7) is 11.3. The molecule has 2 aromatic carbocycles. The zero-order valence-corrected chi connectivity index (χ0v) is 27.0. The van der Waals surface area contributed by atoms with Gasteiger partial charge >= 0.3 is 6.09 Å². The van der Waals surface area contributed by atoms with Gasteiger partial charge in [0.2, 0.25) is 17.7 Å². The molecule has 1 aromatic heterocycles. The minimum absolute atomic E-state index is 0.0850. The van der Waals surface area contributed by atoms with E-state index in [0.717, 1.165) is 28.1 Å². The SMILES string of the molecule is Cc1cc(C#N)cc(C)c1Oc1nc(Nc2ccc(C#N)cc2)nc2c1CCN(C(=O)C1CCN(C(=O)OC(C)(C)C)CC1)CC2. The predicted octanol–water partition coefficient (Wildman–Crippen LogP) is 5.95. The fourth-order valence-electron chi connectivity index (χ4n) is 5.85. The van der Waals surface area contributed by atoms with Crippen molar-refractivity contribution in [2.24, 2.45) is 5.92 Å². The van der Waals surface area contributed by atoms with Crippen molar-refractivity contribution < 1.29 is 19.1 Å². The lowest BCUT2D eigenvalue weighted by atomic mass is 9.95. The summed E-state index contributed by atoms with van der Waals surface area (Å²) in [6.07, 6.45) is 1.87. The van der Waals surface area contributed by atoms with Gasteiger partial charge in [-0.2, -0.15) is 15.5 Å². The summed E-state index contributed by atoms with van der Waals surface area (Å²) in [7, 11) is 0. The van der Waals surface area contributed by atoms with Crippen LogP contribution in [0.15, 0.2) is 36.4 Å². The van der Waals surface area contributed by atoms with Crippen LogP contribution in [0.5, 0.6) is 11.6 Å². The molecule has 238 valence electrons. The lowest BCUT2D eigenvalue weighted by Gasteiger charge is -2.34. The van der Waals surface area contributed by atoms with Crippen LogP contribution in [-0.4, -0.2) is 63.5 Å². The predicted molar refractivity (Wildman–Crippen MR) is 172 cm³/mol. The molecule has 2 aliphatic heterocycles. The Bertz CT molecular complexity index is 1690. The lowest BCUT2D eigenvalue weighted by molar-refractivity contribution is -0.137. The summed E-state index contributed by atoms with van der Waals surface area (Å²) in [5.41, 5.74) is 4.51. The fraction of sp³-hybridized carbons (Fsp3) is 0.429. The molecule has 0 aliphatic carbocycles. The Labute approximate surface area is 269 Å². The summed E-state index contributed by atoms with van der Waals surface area (Å²) < 4.78 is 12.0. The maximum absolute atomic E-state index is 13.7. The third-order valence-electron chi connectivity index (χ3n) is 8.17. The van der Waals surface area contributed by atoms with Crippen molar-refractivity contribution in [2.45, 2.75) is 65.9 Å². The van der Waals surface area contributed by atoms with Gasteiger partial charge in [-0.1, -0.05) is 0 Å². The molecule has 46 heavy (non-hydrogen) atoms. The van der Waals surface area contributed by atoms with E-state index in [2.05, 4.69) is 17.5 Å². The minimum atomic E-state index is -0.564. The molecule has 1 fully saturated rings. The van der Waals surface area contributed by atoms with Crippen LogP contribution in [-0.2, 0) is 22.4 Å². The van der Waals surface area contributed by atoms with Crippen molar-refractivity contribution in [1.29, 1.82) is 10.5 Å². The Balaban J connectivity index is 1.36. The second kappa shape index (κ2) is 13.5. The van der Waals surface area contributed by atoms with E-state index in [4.69, 9.17) is 24.7 Å². The number of anilines is 2. The number of aromatic nitrogens is 2. The second-order valence-corrected chi connectivity index (χ2v) is 12.8. The van der Waals surface area contributed by atoms with Crippen LogP contribution in [0.4, 0.5) is 16.4 Å². The van der Waals surface area contributed by atoms with Gasteiger partial charge in [-0.05, 0) is 101 Å². The molecule has 1 saturated heterocycles. The molecule has 0 radical (unpaired) electrons. The summed E-state index contributed by atoms with van der Waals surface area (Å²) in [5.74, 6) is 1.29. The molecule has 0 atom stereocenters. The van der Waals surface area contributed by atoms with Gasteiger partial charge in [0.1, 0.15) is 11.4 Å². The van der Waals surface area contributed by atoms with Crippen molar-refractivity contribution in [1.82, 2.24) is 19.8 Å². The molecule has 0 spiro atoms. The van der Waals surface area contributed by atoms with Gasteiger partial charge in [0.05, 0.1) is 29.0 Å². The van der Waals surface area contributed by atoms with Gasteiger partial charge in [-0.25, -0.2) is 9.78 Å². The Morgan fingerprint density at radius 2 is 1.52 bits per heavy atom. The quantitative estimate of drug-likeness (QED) is 0.365. The molecule has 11 heteroatoms. The number of fused-ring (bicyclic) bond motifs is 1. The van der Waals surface area contributed by atoms with E-state index in [9.17, 15) is 14.9 Å². The highest BCUT2D eigenvalue weighted by Crippen LogP contribution is 2.34. The molecule has 11 nitrogen and oxygen atoms in total. The molecule has 2 aliphatic rings. The largest absolute Gasteiger partial charge is 0.444 e. The van der Waals surface area contributed by atoms with Crippen LogP contribution in [0.2, 0.25) is 0 Å². The van der Waals surface area contributed by atoms with Crippen LogP contribution in [0, 0.1) is 42.4 Å². The molecular weight excluding hydrogens is 582 g/mol. The van der Waals surface area contributed by atoms with Crippen molar-refractivity contribution >= 4 is 23.6 Å². The first-order valence-corrected chi connectivity index (χ1v) is 15.6. The number of nitrogens with one attached hydrogen (secondary N) is 1. The molecule has 3 aromatic rings. The Morgan fingerprint density at radius 1 is 0.891 bits per heavy atom. The number of hydrogen-bond donors (Lipinski definition) is 1. The van der Waals surface area contributed by atoms with Crippen molar-refractivity contribution in [3.8, 4) is 23.8 Å². The molecule has 3 heterocycles. The number of benzene rings is 2. The summed E-state index contributed by atoms with van der Waals surface area (Å²) in [4.78, 5) is 39.4. The number of hydrogen-bond acceptors (Lipinski definition) is 9. The summed E-state index contributed by atoms with van der Waals surface area (Å²) in [6, 6.07) is 14.9. The number of nitriles is 2. The number of likely N-dealkylation sites (tertiary alicyclic amines) is 1.